The zero-order valence-corrected chi connectivity index (χ0v) is 23.4. The summed E-state index contributed by atoms with van der Waals surface area (Å²) in [4.78, 5) is 2.33. The van der Waals surface area contributed by atoms with Crippen molar-refractivity contribution in [3.63, 3.8) is 0 Å². The first-order valence-corrected chi connectivity index (χ1v) is 16.7. The molecule has 0 aromatic heterocycles. The second kappa shape index (κ2) is 11.5. The number of phosphoric ester groups is 1. The average molecular weight is 575 g/mol. The van der Waals surface area contributed by atoms with Gasteiger partial charge in [-0.25, -0.2) is 0 Å². The summed E-state index contributed by atoms with van der Waals surface area (Å²) in [5, 5.41) is 0. The molecule has 5 aromatic carbocycles. The van der Waals surface area contributed by atoms with E-state index in [1.165, 1.54) is 11.1 Å². The van der Waals surface area contributed by atoms with Crippen molar-refractivity contribution in [2.24, 2.45) is 0 Å². The lowest BCUT2D eigenvalue weighted by atomic mass is 10.1. The fraction of sp³-hybridized carbons (Fsp3) is 0. The number of benzene rings is 5. The minimum absolute atomic E-state index is 0.405. The van der Waals surface area contributed by atoms with Gasteiger partial charge in [-0.2, -0.15) is 4.57 Å². The molecule has 1 aliphatic rings. The number of rotatable bonds is 6. The van der Waals surface area contributed by atoms with Gasteiger partial charge in [-0.3, -0.25) is 0 Å². The highest BCUT2D eigenvalue weighted by Crippen LogP contribution is 2.49. The highest BCUT2D eigenvalue weighted by Gasteiger charge is 2.33. The van der Waals surface area contributed by atoms with E-state index in [1.54, 1.807) is 72.8 Å². The number of hydrogen-bond donors (Lipinski definition) is 0. The first kappa shape index (κ1) is 26.1. The predicted octanol–water partition coefficient (Wildman–Crippen LogP) is 8.49. The summed E-state index contributed by atoms with van der Waals surface area (Å²) >= 11 is 11.2. The van der Waals surface area contributed by atoms with E-state index in [1.807, 2.05) is 42.5 Å². The van der Waals surface area contributed by atoms with Gasteiger partial charge in [-0.1, -0.05) is 91.0 Å². The van der Waals surface area contributed by atoms with Crippen LogP contribution in [0.4, 0.5) is 0 Å². The third kappa shape index (κ3) is 5.98. The van der Waals surface area contributed by atoms with Crippen LogP contribution >= 0.6 is 7.82 Å². The summed E-state index contributed by atoms with van der Waals surface area (Å²) in [5.41, 5.74) is 2.46. The molecule has 1 heterocycles. The summed E-state index contributed by atoms with van der Waals surface area (Å²) in [5.74, 6) is 1.22. The summed E-state index contributed by atoms with van der Waals surface area (Å²) < 4.78 is 29.6. The predicted molar refractivity (Wildman–Crippen MR) is 159 cm³/mol. The molecule has 0 radical (unpaired) electrons. The third-order valence-electron chi connectivity index (χ3n) is 5.52. The molecule has 5 aromatic rings. The van der Waals surface area contributed by atoms with E-state index in [2.05, 4.69) is 24.3 Å². The first-order chi connectivity index (χ1) is 18.4. The molecule has 8 heteroatoms. The fourth-order valence-electron chi connectivity index (χ4n) is 3.85. The van der Waals surface area contributed by atoms with Crippen molar-refractivity contribution in [3.05, 3.63) is 140 Å². The van der Waals surface area contributed by atoms with Gasteiger partial charge in [0.15, 0.2) is 0 Å². The Labute approximate surface area is 232 Å². The Morgan fingerprint density at radius 3 is 1.08 bits per heavy atom. The standard InChI is InChI=1S/C18H15O4P.C12H8S3/c19-23(20-16-10-4-1-5-11-16,21-17-12-6-2-7-13-17)22-18-14-8-3-9-15-18;13-15(14)11-7-3-1-5-9(11)10-6-2-4-8-12(10)15/h1-15H;1-8H. The molecule has 0 unspecified atom stereocenters. The van der Waals surface area contributed by atoms with E-state index < -0.39 is 15.0 Å². The molecule has 38 heavy (non-hydrogen) atoms. The summed E-state index contributed by atoms with van der Waals surface area (Å²) in [6, 6.07) is 42.9. The van der Waals surface area contributed by atoms with Gasteiger partial charge in [0.2, 0.25) is 0 Å². The maximum atomic E-state index is 13.1. The van der Waals surface area contributed by atoms with Crippen LogP contribution in [0.3, 0.4) is 0 Å². The van der Waals surface area contributed by atoms with Crippen LogP contribution in [0.2, 0.25) is 0 Å². The normalized spacial score (nSPS) is 12.7. The molecule has 0 bridgehead atoms. The Kier molecular flexibility index (Phi) is 7.91. The molecular weight excluding hydrogens is 552 g/mol. The maximum absolute atomic E-state index is 13.1. The van der Waals surface area contributed by atoms with Crippen molar-refractivity contribution in [2.75, 3.05) is 0 Å². The van der Waals surface area contributed by atoms with Gasteiger partial charge < -0.3 is 13.6 Å². The molecule has 0 amide bonds. The highest BCUT2D eigenvalue weighted by atomic mass is 33.1. The van der Waals surface area contributed by atoms with Crippen LogP contribution in [0.5, 0.6) is 17.2 Å². The van der Waals surface area contributed by atoms with E-state index in [0.29, 0.717) is 17.2 Å². The van der Waals surface area contributed by atoms with Crippen LogP contribution < -0.4 is 13.6 Å². The van der Waals surface area contributed by atoms with Crippen molar-refractivity contribution in [1.29, 1.82) is 0 Å². The SMILES string of the molecule is O=P(Oc1ccccc1)(Oc1ccccc1)Oc1ccccc1.S=S1(=S)c2ccccc2-c2ccccc21. The van der Waals surface area contributed by atoms with Crippen LogP contribution in [0, 0.1) is 0 Å². The zero-order chi connectivity index (χ0) is 26.4. The Hall–Kier alpha value is -3.48. The number of fused-ring (bicyclic) bond motifs is 3. The van der Waals surface area contributed by atoms with Crippen LogP contribution in [0.1, 0.15) is 0 Å². The zero-order valence-electron chi connectivity index (χ0n) is 20.1. The topological polar surface area (TPSA) is 44.8 Å². The van der Waals surface area contributed by atoms with Crippen LogP contribution in [-0.4, -0.2) is 0 Å². The van der Waals surface area contributed by atoms with Gasteiger partial charge in [0.1, 0.15) is 17.2 Å². The number of para-hydroxylation sites is 3. The number of phosphoric acid groups is 1. The van der Waals surface area contributed by atoms with Gasteiger partial charge in [-0.15, -0.1) is 0 Å². The van der Waals surface area contributed by atoms with Gasteiger partial charge in [0.25, 0.3) is 0 Å². The Morgan fingerprint density at radius 2 is 0.737 bits per heavy atom. The molecule has 0 saturated heterocycles. The molecule has 0 N–H and O–H groups in total. The lowest BCUT2D eigenvalue weighted by Gasteiger charge is -2.19. The lowest BCUT2D eigenvalue weighted by Crippen LogP contribution is -2.07. The second-order valence-corrected chi connectivity index (χ2v) is 15.1. The average Bonchev–Trinajstić information content (AvgIpc) is 3.17. The van der Waals surface area contributed by atoms with Crippen molar-refractivity contribution in [2.45, 2.75) is 9.79 Å². The highest BCUT2D eigenvalue weighted by molar-refractivity contribution is 8.56. The van der Waals surface area contributed by atoms with Gasteiger partial charge in [0, 0.05) is 9.79 Å². The van der Waals surface area contributed by atoms with Crippen LogP contribution in [0.25, 0.3) is 11.1 Å². The molecule has 0 fully saturated rings. The molecular formula is C30H23O4PS3. The van der Waals surface area contributed by atoms with Crippen molar-refractivity contribution in [1.82, 2.24) is 0 Å². The molecule has 0 saturated carbocycles. The second-order valence-electron chi connectivity index (χ2n) is 8.16. The quantitative estimate of drug-likeness (QED) is 0.186. The number of hydrogen-bond acceptors (Lipinski definition) is 6. The van der Waals surface area contributed by atoms with E-state index in [0.717, 1.165) is 9.79 Å². The molecule has 0 aliphatic carbocycles. The molecule has 6 rings (SSSR count). The molecule has 0 atom stereocenters. The molecule has 1 aliphatic heterocycles. The van der Waals surface area contributed by atoms with E-state index in [-0.39, 0.29) is 0 Å². The fourth-order valence-corrected chi connectivity index (χ4v) is 8.54. The Bertz CT molecular complexity index is 1520. The lowest BCUT2D eigenvalue weighted by molar-refractivity contribution is 0.298. The third-order valence-corrected chi connectivity index (χ3v) is 10.9. The van der Waals surface area contributed by atoms with E-state index >= 15 is 0 Å². The van der Waals surface area contributed by atoms with Gasteiger partial charge in [0.05, 0.1) is 0 Å². The smallest absolute Gasteiger partial charge is 0.386 e. The largest absolute Gasteiger partial charge is 0.647 e. The molecule has 190 valence electrons. The minimum Gasteiger partial charge on any atom is -0.386 e. The van der Waals surface area contributed by atoms with Crippen LogP contribution in [0.15, 0.2) is 149 Å². The molecule has 4 nitrogen and oxygen atoms in total. The van der Waals surface area contributed by atoms with Gasteiger partial charge in [-0.05, 0) is 89.2 Å². The molecule has 0 spiro atoms. The van der Waals surface area contributed by atoms with Gasteiger partial charge >= 0.3 is 7.82 Å². The maximum Gasteiger partial charge on any atom is 0.647 e. The van der Waals surface area contributed by atoms with Crippen molar-refractivity contribution < 1.29 is 18.1 Å². The van der Waals surface area contributed by atoms with Crippen molar-refractivity contribution >= 4 is 37.3 Å². The first-order valence-electron chi connectivity index (χ1n) is 11.7. The van der Waals surface area contributed by atoms with E-state index in [4.69, 9.17) is 35.9 Å². The van der Waals surface area contributed by atoms with Crippen LogP contribution in [-0.2, 0) is 34.1 Å². The minimum atomic E-state index is -3.89. The van der Waals surface area contributed by atoms with Crippen molar-refractivity contribution in [3.8, 4) is 28.4 Å². The summed E-state index contributed by atoms with van der Waals surface area (Å²) in [6.07, 6.45) is 0. The Morgan fingerprint density at radius 1 is 0.447 bits per heavy atom. The summed E-state index contributed by atoms with van der Waals surface area (Å²) in [7, 11) is -5.48. The Balaban J connectivity index is 0.000000168. The summed E-state index contributed by atoms with van der Waals surface area (Å²) in [6.45, 7) is 0. The monoisotopic (exact) mass is 574 g/mol. The van der Waals surface area contributed by atoms with E-state index in [9.17, 15) is 4.57 Å².